The predicted octanol–water partition coefficient (Wildman–Crippen LogP) is 13.4. The molecule has 4 aromatic carbocycles. The van der Waals surface area contributed by atoms with Gasteiger partial charge in [-0.15, -0.1) is 0 Å². The van der Waals surface area contributed by atoms with Crippen molar-refractivity contribution in [2.75, 3.05) is 6.61 Å². The minimum Gasteiger partial charge on any atom is -0.361 e. The quantitative estimate of drug-likeness (QED) is 0.0717. The summed E-state index contributed by atoms with van der Waals surface area (Å²) in [5, 5.41) is 0. The van der Waals surface area contributed by atoms with Gasteiger partial charge in [0.1, 0.15) is 6.73 Å². The van der Waals surface area contributed by atoms with E-state index in [1.54, 1.807) is 0 Å². The summed E-state index contributed by atoms with van der Waals surface area (Å²) in [7, 11) is -1.11. The fourth-order valence-electron chi connectivity index (χ4n) is 12.0. The summed E-state index contributed by atoms with van der Waals surface area (Å²) < 4.78 is 12.9. The van der Waals surface area contributed by atoms with Crippen LogP contribution < -0.4 is 0 Å². The van der Waals surface area contributed by atoms with Gasteiger partial charge in [-0.3, -0.25) is 18.6 Å². The molecule has 2 aliphatic rings. The zero-order chi connectivity index (χ0) is 50.6. The van der Waals surface area contributed by atoms with Crippen molar-refractivity contribution in [3.63, 3.8) is 0 Å². The predicted molar refractivity (Wildman–Crippen MR) is 302 cm³/mol. The van der Waals surface area contributed by atoms with Gasteiger partial charge in [-0.25, -0.2) is 19.9 Å². The first-order chi connectivity index (χ1) is 36.1. The highest BCUT2D eigenvalue weighted by Crippen LogP contribution is 2.44. The van der Waals surface area contributed by atoms with E-state index < -0.39 is 8.07 Å². The molecule has 2 saturated carbocycles. The van der Waals surface area contributed by atoms with Crippen molar-refractivity contribution < 1.29 is 4.74 Å². The highest BCUT2D eigenvalue weighted by Gasteiger charge is 2.39. The third-order valence-electron chi connectivity index (χ3n) is 16.0. The molecule has 2 fully saturated rings. The Bertz CT molecular complexity index is 3300. The lowest BCUT2D eigenvalue weighted by molar-refractivity contribution is 0.0899. The lowest BCUT2D eigenvalue weighted by atomic mass is 9.95. The van der Waals surface area contributed by atoms with Crippen LogP contribution in [0.25, 0.3) is 33.6 Å². The first kappa shape index (κ1) is 49.5. The van der Waals surface area contributed by atoms with Crippen molar-refractivity contribution in [2.45, 2.75) is 122 Å². The summed E-state index contributed by atoms with van der Waals surface area (Å²) >= 11 is 0. The van der Waals surface area contributed by atoms with Crippen molar-refractivity contribution in [3.05, 3.63) is 204 Å². The highest BCUT2D eigenvalue weighted by atomic mass is 28.3. The molecule has 12 rings (SSSR count). The largest absolute Gasteiger partial charge is 0.361 e. The number of ether oxygens (including phenoxy) is 1. The first-order valence-corrected chi connectivity index (χ1v) is 30.6. The molecule has 1 N–H and O–H groups in total. The molecule has 0 radical (unpaired) electrons. The third kappa shape index (κ3) is 11.1. The molecule has 0 amide bonds. The molecule has 2 aliphatic carbocycles. The van der Waals surface area contributed by atoms with E-state index in [0.717, 1.165) is 79.2 Å². The lowest BCUT2D eigenvalue weighted by Gasteiger charge is -2.29. The van der Waals surface area contributed by atoms with E-state index in [4.69, 9.17) is 19.7 Å². The van der Waals surface area contributed by atoms with Gasteiger partial charge in [0.25, 0.3) is 0 Å². The van der Waals surface area contributed by atoms with E-state index in [1.165, 1.54) is 52.5 Å². The standard InChI is InChI=1S/C34H43N5OSi.C28H29N5/c1-26-19-29(38(23-27-11-7-5-8-12-27)24-28-13-9-6-10-14-28)20-30(26)32-21-35-33-22-36-34-31(39(32)33)15-16-37(34)25-40-17-18-41(2,3)4;1-20-14-23(32(18-21-8-4-2-5-9-21)19-22-10-6-3-7-11-22)15-24(20)26-16-30-27-17-31-28-25(33(26)27)12-13-29-28/h5-16,21-22,26,29-30H,17-20,23-25H2,1-4H3;2-13,16-17,20,23-24,29H,14-15,18-19H2,1H3. The lowest BCUT2D eigenvalue weighted by Crippen LogP contribution is -2.32. The number of rotatable bonds is 17. The number of hydrogen-bond donors (Lipinski definition) is 1. The Morgan fingerprint density at radius 1 is 0.541 bits per heavy atom. The number of fused-ring (bicyclic) bond motifs is 6. The number of benzene rings is 4. The molecule has 6 heterocycles. The Balaban J connectivity index is 0.000000162. The number of nitrogens with zero attached hydrogens (tertiary/aromatic N) is 9. The van der Waals surface area contributed by atoms with Gasteiger partial charge >= 0.3 is 0 Å². The second-order valence-electron chi connectivity index (χ2n) is 22.5. The Kier molecular flexibility index (Phi) is 14.7. The average molecular weight is 1000 g/mol. The second-order valence-corrected chi connectivity index (χ2v) is 28.1. The number of nitrogens with one attached hydrogen (secondary N) is 1. The highest BCUT2D eigenvalue weighted by molar-refractivity contribution is 6.76. The normalized spacial score (nSPS) is 20.1. The summed E-state index contributed by atoms with van der Waals surface area (Å²) in [4.78, 5) is 27.4. The smallest absolute Gasteiger partial charge is 0.159 e. The van der Waals surface area contributed by atoms with E-state index in [2.05, 4.69) is 219 Å². The number of H-pyrrole nitrogens is 1. The van der Waals surface area contributed by atoms with Crippen LogP contribution in [0.5, 0.6) is 0 Å². The summed E-state index contributed by atoms with van der Waals surface area (Å²) in [5.41, 5.74) is 14.1. The minimum atomic E-state index is -1.11. The van der Waals surface area contributed by atoms with Crippen LogP contribution in [0.15, 0.2) is 171 Å². The van der Waals surface area contributed by atoms with Crippen LogP contribution in [0.1, 0.15) is 85.0 Å². The van der Waals surface area contributed by atoms with Crippen molar-refractivity contribution in [1.29, 1.82) is 0 Å². The molecule has 6 atom stereocenters. The van der Waals surface area contributed by atoms with Crippen LogP contribution in [0.4, 0.5) is 0 Å². The first-order valence-electron chi connectivity index (χ1n) is 26.9. The van der Waals surface area contributed by atoms with Crippen LogP contribution in [-0.2, 0) is 37.6 Å². The van der Waals surface area contributed by atoms with Gasteiger partial charge in [0, 0.05) is 101 Å². The third-order valence-corrected chi connectivity index (χ3v) is 17.7. The number of imidazole rings is 2. The molecule has 6 aromatic heterocycles. The Labute approximate surface area is 437 Å². The molecule has 0 spiro atoms. The maximum Gasteiger partial charge on any atom is 0.159 e. The van der Waals surface area contributed by atoms with E-state index >= 15 is 0 Å². The monoisotopic (exact) mass is 1000 g/mol. The van der Waals surface area contributed by atoms with E-state index in [1.807, 2.05) is 18.6 Å². The molecular weight excluding hydrogens is 929 g/mol. The molecule has 12 heteroatoms. The van der Waals surface area contributed by atoms with Crippen molar-refractivity contribution in [2.24, 2.45) is 11.8 Å². The minimum absolute atomic E-state index is 0.436. The van der Waals surface area contributed by atoms with Gasteiger partial charge in [-0.1, -0.05) is 155 Å². The average Bonchev–Trinajstić information content (AvgIpc) is 4.29. The number of aromatic amines is 1. The van der Waals surface area contributed by atoms with Crippen molar-refractivity contribution in [3.8, 4) is 0 Å². The summed E-state index contributed by atoms with van der Waals surface area (Å²) in [6.45, 7) is 17.2. The van der Waals surface area contributed by atoms with Gasteiger partial charge in [0.05, 0.1) is 23.4 Å². The van der Waals surface area contributed by atoms with Crippen LogP contribution >= 0.6 is 0 Å². The van der Waals surface area contributed by atoms with Gasteiger partial charge in [-0.05, 0) is 77.9 Å². The topological polar surface area (TPSA) is 96.8 Å². The molecule has 10 aromatic rings. The molecular formula is C62H72N10OSi. The van der Waals surface area contributed by atoms with Crippen LogP contribution in [0, 0.1) is 11.8 Å². The fraction of sp³-hybridized carbons (Fsp3) is 0.355. The molecule has 6 unspecified atom stereocenters. The van der Waals surface area contributed by atoms with Gasteiger partial charge in [-0.2, -0.15) is 0 Å². The van der Waals surface area contributed by atoms with Gasteiger partial charge < -0.3 is 14.3 Å². The second kappa shape index (κ2) is 22.0. The molecule has 11 nitrogen and oxygen atoms in total. The molecule has 0 saturated heterocycles. The van der Waals surface area contributed by atoms with E-state index in [-0.39, 0.29) is 0 Å². The molecule has 0 bridgehead atoms. The Hall–Kier alpha value is -6.70. The number of aromatic nitrogens is 8. The van der Waals surface area contributed by atoms with Crippen LogP contribution in [0.2, 0.25) is 25.7 Å². The summed E-state index contributed by atoms with van der Waals surface area (Å²) in [6, 6.07) is 50.0. The summed E-state index contributed by atoms with van der Waals surface area (Å²) in [5.74, 6) is 2.06. The maximum absolute atomic E-state index is 6.07. The maximum atomic E-state index is 6.07. The van der Waals surface area contributed by atoms with E-state index in [9.17, 15) is 0 Å². The van der Waals surface area contributed by atoms with E-state index in [0.29, 0.717) is 42.5 Å². The van der Waals surface area contributed by atoms with Crippen molar-refractivity contribution >= 4 is 41.7 Å². The molecule has 74 heavy (non-hydrogen) atoms. The van der Waals surface area contributed by atoms with Crippen LogP contribution in [-0.4, -0.2) is 74.9 Å². The Morgan fingerprint density at radius 2 is 1.00 bits per heavy atom. The fourth-order valence-corrected chi connectivity index (χ4v) is 12.8. The Morgan fingerprint density at radius 3 is 1.47 bits per heavy atom. The van der Waals surface area contributed by atoms with Crippen molar-refractivity contribution in [1.82, 2.24) is 48.1 Å². The SMILES string of the molecule is CC1CC(N(Cc2ccccc2)Cc2ccccc2)CC1c1cnc2cnc3[nH]ccc3n12.CC1CC(N(Cc2ccccc2)Cc2ccccc2)CC1c1cnc2cnc3c(ccn3COCC[Si](C)(C)C)n12. The van der Waals surface area contributed by atoms with Gasteiger partial charge in [0.2, 0.25) is 0 Å². The zero-order valence-electron chi connectivity index (χ0n) is 43.8. The van der Waals surface area contributed by atoms with Gasteiger partial charge in [0.15, 0.2) is 22.6 Å². The summed E-state index contributed by atoms with van der Waals surface area (Å²) in [6.07, 6.45) is 16.7. The molecule has 0 aliphatic heterocycles. The molecule has 380 valence electrons. The zero-order valence-corrected chi connectivity index (χ0v) is 44.8. The van der Waals surface area contributed by atoms with Crippen LogP contribution in [0.3, 0.4) is 0 Å². The number of hydrogen-bond acceptors (Lipinski definition) is 7.